The van der Waals surface area contributed by atoms with Crippen molar-refractivity contribution in [3.63, 3.8) is 0 Å². The highest BCUT2D eigenvalue weighted by atomic mass is 16.5. The molecule has 1 heterocycles. The topological polar surface area (TPSA) is 26.3 Å². The molecule has 1 aromatic carbocycles. The summed E-state index contributed by atoms with van der Waals surface area (Å²) >= 11 is 0. The van der Waals surface area contributed by atoms with E-state index in [1.54, 1.807) is 0 Å². The van der Waals surface area contributed by atoms with E-state index in [0.717, 1.165) is 37.9 Å². The van der Waals surface area contributed by atoms with E-state index >= 15 is 0 Å². The van der Waals surface area contributed by atoms with Gasteiger partial charge in [-0.3, -0.25) is 0 Å². The molecule has 0 radical (unpaired) electrons. The van der Waals surface area contributed by atoms with Crippen molar-refractivity contribution in [3.05, 3.63) is 41.5 Å². The van der Waals surface area contributed by atoms with Crippen LogP contribution in [0.4, 0.5) is 0 Å². The number of benzene rings is 1. The molecule has 16 heavy (non-hydrogen) atoms. The Balaban J connectivity index is 2.36. The number of aryl methyl sites for hydroxylation is 1. The third kappa shape index (κ3) is 2.01. The van der Waals surface area contributed by atoms with Gasteiger partial charge in [0.1, 0.15) is 12.0 Å². The summed E-state index contributed by atoms with van der Waals surface area (Å²) in [5, 5.41) is 0. The lowest BCUT2D eigenvalue weighted by atomic mass is 9.96. The minimum atomic E-state index is 0.572. The molecule has 0 N–H and O–H groups in total. The van der Waals surface area contributed by atoms with Crippen LogP contribution in [0, 0.1) is 0 Å². The Morgan fingerprint density at radius 1 is 1.44 bits per heavy atom. The van der Waals surface area contributed by atoms with E-state index in [2.05, 4.69) is 18.7 Å². The normalized spacial score (nSPS) is 13.0. The fourth-order valence-corrected chi connectivity index (χ4v) is 2.17. The zero-order valence-electron chi connectivity index (χ0n) is 9.37. The van der Waals surface area contributed by atoms with Gasteiger partial charge >= 0.3 is 0 Å². The molecular weight excluding hydrogens is 200 g/mol. The van der Waals surface area contributed by atoms with Crippen LogP contribution < -0.4 is 4.74 Å². The lowest BCUT2D eigenvalue weighted by molar-refractivity contribution is -0.107. The highest BCUT2D eigenvalue weighted by Crippen LogP contribution is 2.33. The van der Waals surface area contributed by atoms with Crippen LogP contribution >= 0.6 is 0 Å². The van der Waals surface area contributed by atoms with E-state index in [-0.39, 0.29) is 0 Å². The van der Waals surface area contributed by atoms with E-state index < -0.39 is 0 Å². The SMILES string of the molecule is C=CCc1c(CCC=O)ccc2c1OCC2. The van der Waals surface area contributed by atoms with Gasteiger partial charge < -0.3 is 9.53 Å². The molecule has 2 nitrogen and oxygen atoms in total. The predicted octanol–water partition coefficient (Wildman–Crippen LogP) is 2.48. The predicted molar refractivity (Wildman–Crippen MR) is 63.9 cm³/mol. The zero-order chi connectivity index (χ0) is 11.4. The molecule has 0 atom stereocenters. The molecular formula is C14H16O2. The molecule has 1 aliphatic rings. The second kappa shape index (κ2) is 4.97. The standard InChI is InChI=1S/C14H16O2/c1-2-4-13-11(5-3-9-15)6-7-12-8-10-16-14(12)13/h2,6-7,9H,1,3-5,8,10H2. The third-order valence-electron chi connectivity index (χ3n) is 2.94. The number of hydrogen-bond donors (Lipinski definition) is 0. The van der Waals surface area contributed by atoms with E-state index in [9.17, 15) is 4.79 Å². The molecule has 0 spiro atoms. The minimum Gasteiger partial charge on any atom is -0.493 e. The lowest BCUT2D eigenvalue weighted by Gasteiger charge is -2.11. The van der Waals surface area contributed by atoms with Crippen molar-refractivity contribution in [1.29, 1.82) is 0 Å². The molecule has 84 valence electrons. The van der Waals surface area contributed by atoms with Crippen molar-refractivity contribution >= 4 is 6.29 Å². The quantitative estimate of drug-likeness (QED) is 0.558. The largest absolute Gasteiger partial charge is 0.493 e. The van der Waals surface area contributed by atoms with Crippen molar-refractivity contribution < 1.29 is 9.53 Å². The van der Waals surface area contributed by atoms with Gasteiger partial charge in [-0.25, -0.2) is 0 Å². The summed E-state index contributed by atoms with van der Waals surface area (Å²) in [6.07, 6.45) is 6.03. The second-order valence-corrected chi connectivity index (χ2v) is 3.99. The van der Waals surface area contributed by atoms with Crippen LogP contribution in [0.2, 0.25) is 0 Å². The molecule has 2 heteroatoms. The van der Waals surface area contributed by atoms with Gasteiger partial charge in [0.05, 0.1) is 6.61 Å². The van der Waals surface area contributed by atoms with Gasteiger partial charge in [-0.2, -0.15) is 0 Å². The lowest BCUT2D eigenvalue weighted by Crippen LogP contribution is -1.98. The fraction of sp³-hybridized carbons (Fsp3) is 0.357. The Bertz CT molecular complexity index is 407. The molecule has 0 saturated carbocycles. The first-order valence-electron chi connectivity index (χ1n) is 5.67. The Kier molecular flexibility index (Phi) is 3.40. The van der Waals surface area contributed by atoms with E-state index in [0.29, 0.717) is 6.42 Å². The van der Waals surface area contributed by atoms with Crippen LogP contribution in [-0.2, 0) is 24.1 Å². The number of carbonyl (C=O) groups excluding carboxylic acids is 1. The van der Waals surface area contributed by atoms with Crippen molar-refractivity contribution in [3.8, 4) is 5.75 Å². The number of fused-ring (bicyclic) bond motifs is 1. The van der Waals surface area contributed by atoms with Gasteiger partial charge in [-0.05, 0) is 24.0 Å². The first-order valence-corrected chi connectivity index (χ1v) is 5.67. The van der Waals surface area contributed by atoms with Crippen molar-refractivity contribution in [2.45, 2.75) is 25.7 Å². The molecule has 0 saturated heterocycles. The average Bonchev–Trinajstić information content (AvgIpc) is 2.76. The maximum absolute atomic E-state index is 10.4. The van der Waals surface area contributed by atoms with Gasteiger partial charge in [-0.1, -0.05) is 18.2 Å². The fourth-order valence-electron chi connectivity index (χ4n) is 2.17. The first-order chi connectivity index (χ1) is 7.86. The zero-order valence-corrected chi connectivity index (χ0v) is 9.37. The molecule has 0 amide bonds. The number of hydrogen-bond acceptors (Lipinski definition) is 2. The summed E-state index contributed by atoms with van der Waals surface area (Å²) in [6, 6.07) is 4.24. The van der Waals surface area contributed by atoms with Crippen LogP contribution in [0.3, 0.4) is 0 Å². The van der Waals surface area contributed by atoms with Crippen LogP contribution in [0.25, 0.3) is 0 Å². The van der Waals surface area contributed by atoms with Crippen molar-refractivity contribution in [1.82, 2.24) is 0 Å². The maximum Gasteiger partial charge on any atom is 0.126 e. The number of aldehydes is 1. The second-order valence-electron chi connectivity index (χ2n) is 3.99. The van der Waals surface area contributed by atoms with Crippen LogP contribution in [0.1, 0.15) is 23.1 Å². The Morgan fingerprint density at radius 3 is 3.06 bits per heavy atom. The summed E-state index contributed by atoms with van der Waals surface area (Å²) in [4.78, 5) is 10.4. The summed E-state index contributed by atoms with van der Waals surface area (Å²) in [5.74, 6) is 1.03. The molecule has 2 rings (SSSR count). The highest BCUT2D eigenvalue weighted by Gasteiger charge is 2.18. The van der Waals surface area contributed by atoms with Crippen LogP contribution in [0.5, 0.6) is 5.75 Å². The maximum atomic E-state index is 10.4. The monoisotopic (exact) mass is 216 g/mol. The number of rotatable bonds is 5. The van der Waals surface area contributed by atoms with Gasteiger partial charge in [0.2, 0.25) is 0 Å². The Morgan fingerprint density at radius 2 is 2.31 bits per heavy atom. The smallest absolute Gasteiger partial charge is 0.126 e. The molecule has 0 unspecified atom stereocenters. The Hall–Kier alpha value is -1.57. The molecule has 0 fully saturated rings. The van der Waals surface area contributed by atoms with Gasteiger partial charge in [0.25, 0.3) is 0 Å². The average molecular weight is 216 g/mol. The first kappa shape index (κ1) is 10.9. The summed E-state index contributed by atoms with van der Waals surface area (Å²) in [7, 11) is 0. The molecule has 1 aromatic rings. The van der Waals surface area contributed by atoms with Gasteiger partial charge in [-0.15, -0.1) is 6.58 Å². The third-order valence-corrected chi connectivity index (χ3v) is 2.94. The van der Waals surface area contributed by atoms with Gasteiger partial charge in [0.15, 0.2) is 0 Å². The van der Waals surface area contributed by atoms with E-state index in [4.69, 9.17) is 4.74 Å². The van der Waals surface area contributed by atoms with Crippen molar-refractivity contribution in [2.75, 3.05) is 6.61 Å². The van der Waals surface area contributed by atoms with Crippen LogP contribution in [-0.4, -0.2) is 12.9 Å². The molecule has 0 aliphatic carbocycles. The highest BCUT2D eigenvalue weighted by molar-refractivity contribution is 5.53. The van der Waals surface area contributed by atoms with E-state index in [1.807, 2.05) is 6.08 Å². The van der Waals surface area contributed by atoms with E-state index in [1.165, 1.54) is 16.7 Å². The molecule has 0 bridgehead atoms. The molecule has 1 aliphatic heterocycles. The number of allylic oxidation sites excluding steroid dienone is 1. The summed E-state index contributed by atoms with van der Waals surface area (Å²) in [6.45, 7) is 4.55. The number of carbonyl (C=O) groups is 1. The minimum absolute atomic E-state index is 0.572. The number of ether oxygens (including phenoxy) is 1. The molecule has 0 aromatic heterocycles. The Labute approximate surface area is 95.9 Å². The summed E-state index contributed by atoms with van der Waals surface area (Å²) < 4.78 is 5.67. The van der Waals surface area contributed by atoms with Crippen LogP contribution in [0.15, 0.2) is 24.8 Å². The summed E-state index contributed by atoms with van der Waals surface area (Å²) in [5.41, 5.74) is 3.71. The van der Waals surface area contributed by atoms with Crippen molar-refractivity contribution in [2.24, 2.45) is 0 Å². The van der Waals surface area contributed by atoms with Gasteiger partial charge in [0, 0.05) is 18.4 Å².